The van der Waals surface area contributed by atoms with Gasteiger partial charge in [-0.05, 0) is 54.5 Å². The number of esters is 2. The number of likely N-dealkylation sites (N-methyl/N-ethyl adjacent to an activating group) is 2. The van der Waals surface area contributed by atoms with Crippen molar-refractivity contribution < 1.29 is 42.5 Å². The summed E-state index contributed by atoms with van der Waals surface area (Å²) in [5.74, 6) is 0.437. The topological polar surface area (TPSA) is 92.8 Å². The van der Waals surface area contributed by atoms with Gasteiger partial charge < -0.3 is 28.6 Å². The fourth-order valence-electron chi connectivity index (χ4n) is 9.74. The lowest BCUT2D eigenvalue weighted by Crippen LogP contribution is -2.83. The van der Waals surface area contributed by atoms with Crippen LogP contribution in [0.25, 0.3) is 0 Å². The number of rotatable bonds is 7. The molecule has 4 fully saturated rings. The number of piperidine rings is 2. The van der Waals surface area contributed by atoms with Crippen molar-refractivity contribution >= 4 is 17.6 Å². The summed E-state index contributed by atoms with van der Waals surface area (Å²) >= 11 is 0. The van der Waals surface area contributed by atoms with Crippen molar-refractivity contribution in [1.29, 1.82) is 0 Å². The maximum absolute atomic E-state index is 14.6. The second-order valence-electron chi connectivity index (χ2n) is 12.6. The van der Waals surface area contributed by atoms with Crippen LogP contribution in [0.5, 0.6) is 17.2 Å². The van der Waals surface area contributed by atoms with Gasteiger partial charge in [0.15, 0.2) is 17.7 Å². The lowest BCUT2D eigenvalue weighted by Gasteiger charge is -2.66. The summed E-state index contributed by atoms with van der Waals surface area (Å²) < 4.78 is 36.4. The van der Waals surface area contributed by atoms with Crippen molar-refractivity contribution in [3.05, 3.63) is 59.2 Å². The Balaban J connectivity index is 1.44. The van der Waals surface area contributed by atoms with E-state index in [1.807, 2.05) is 25.1 Å². The number of carbonyl (C=O) groups excluding carboxylic acids is 2. The molecule has 0 amide bonds. The molecule has 7 atom stereocenters. The number of allylic oxidation sites excluding steroid dienone is 1. The average Bonchev–Trinajstić information content (AvgIpc) is 3.62. The van der Waals surface area contributed by atoms with Crippen molar-refractivity contribution in [1.82, 2.24) is 0 Å². The maximum atomic E-state index is 14.6. The first-order valence-electron chi connectivity index (χ1n) is 14.7. The number of hydrogen-bond donors (Lipinski definition) is 0. The molecule has 0 radical (unpaired) electrons. The summed E-state index contributed by atoms with van der Waals surface area (Å²) in [6, 6.07) is 11.0. The number of carbonyl (C=O) groups is 2. The molecule has 1 spiro atoms. The molecule has 4 aliphatic heterocycles. The van der Waals surface area contributed by atoms with Crippen molar-refractivity contribution in [2.24, 2.45) is 11.3 Å². The summed E-state index contributed by atoms with van der Waals surface area (Å²) in [5, 5.41) is 0. The highest BCUT2D eigenvalue weighted by Crippen LogP contribution is 2.79. The molecule has 0 N–H and O–H groups in total. The predicted molar refractivity (Wildman–Crippen MR) is 156 cm³/mol. The quantitative estimate of drug-likeness (QED) is 0.272. The number of fused-ring (bicyclic) bond motifs is 4. The van der Waals surface area contributed by atoms with Gasteiger partial charge in [-0.2, -0.15) is 0 Å². The average molecular weight is 592 g/mol. The van der Waals surface area contributed by atoms with Crippen molar-refractivity contribution in [3.8, 4) is 17.2 Å². The zero-order valence-electron chi connectivity index (χ0n) is 25.8. The molecule has 7 rings (SSSR count). The van der Waals surface area contributed by atoms with Crippen molar-refractivity contribution in [2.75, 3.05) is 60.6 Å². The van der Waals surface area contributed by atoms with Crippen LogP contribution in [-0.4, -0.2) is 90.1 Å². The van der Waals surface area contributed by atoms with Crippen LogP contribution >= 0.6 is 0 Å². The van der Waals surface area contributed by atoms with Gasteiger partial charge in [-0.1, -0.05) is 6.08 Å². The minimum absolute atomic E-state index is 0.0997. The van der Waals surface area contributed by atoms with Gasteiger partial charge in [-0.25, -0.2) is 4.79 Å². The first-order chi connectivity index (χ1) is 20.6. The van der Waals surface area contributed by atoms with E-state index >= 15 is 0 Å². The molecule has 10 nitrogen and oxygen atoms in total. The predicted octanol–water partition coefficient (Wildman–Crippen LogP) is 3.67. The first-order valence-corrected chi connectivity index (χ1v) is 14.7. The monoisotopic (exact) mass is 591 g/mol. The zero-order chi connectivity index (χ0) is 30.5. The van der Waals surface area contributed by atoms with Crippen LogP contribution in [0, 0.1) is 11.3 Å². The first kappa shape index (κ1) is 28.0. The number of benzene rings is 2. The molecule has 2 unspecified atom stereocenters. The van der Waals surface area contributed by atoms with Gasteiger partial charge in [0.05, 0.1) is 46.5 Å². The Hall–Kier alpha value is -3.76. The lowest BCUT2D eigenvalue weighted by molar-refractivity contribution is -0.960. The number of quaternary nitrogens is 1. The second-order valence-corrected chi connectivity index (χ2v) is 12.6. The number of anilines is 1. The van der Waals surface area contributed by atoms with Crippen LogP contribution in [0.1, 0.15) is 35.7 Å². The van der Waals surface area contributed by atoms with E-state index in [9.17, 15) is 9.59 Å². The third-order valence-electron chi connectivity index (χ3n) is 11.5. The fourth-order valence-corrected chi connectivity index (χ4v) is 9.74. The van der Waals surface area contributed by atoms with Crippen molar-refractivity contribution in [2.45, 2.75) is 43.2 Å². The van der Waals surface area contributed by atoms with Gasteiger partial charge in [0, 0.05) is 31.5 Å². The highest BCUT2D eigenvalue weighted by atomic mass is 16.6. The van der Waals surface area contributed by atoms with Crippen LogP contribution in [0.15, 0.2) is 48.0 Å². The molecule has 1 saturated carbocycles. The summed E-state index contributed by atoms with van der Waals surface area (Å²) in [7, 11) is 10.5. The highest BCUT2D eigenvalue weighted by molar-refractivity contribution is 5.91. The fraction of sp³-hybridized carbons (Fsp3) is 0.515. The summed E-state index contributed by atoms with van der Waals surface area (Å²) in [4.78, 5) is 30.6. The lowest BCUT2D eigenvalue weighted by atomic mass is 9.41. The van der Waals surface area contributed by atoms with Gasteiger partial charge in [-0.15, -0.1) is 0 Å². The highest BCUT2D eigenvalue weighted by Gasteiger charge is 2.92. The van der Waals surface area contributed by atoms with Crippen LogP contribution < -0.4 is 19.1 Å². The molecule has 2 aromatic carbocycles. The van der Waals surface area contributed by atoms with Gasteiger partial charge >= 0.3 is 11.9 Å². The van der Waals surface area contributed by atoms with Crippen LogP contribution in [-0.2, 0) is 24.4 Å². The standard InChI is InChI=1S/C33H39N2O8/c1-8-19-17-35(3)27-15-22(19)31(30(37)41-7,18-42-29(36)20-9-12-25(39-5)26(13-20)40-6)32-16-28(35)43-33(27,32)34(2)24-11-10-21(38-4)14-23(24)32/h8-14,22,27-28H,15-18H2,1-7H3/q+1/b19-8-/t22-,27+,28-,31?,32+,33+,35?/m1/s1. The Bertz CT molecular complexity index is 1570. The molecular weight excluding hydrogens is 552 g/mol. The van der Waals surface area contributed by atoms with E-state index < -0.39 is 28.5 Å². The van der Waals surface area contributed by atoms with Gasteiger partial charge in [0.25, 0.3) is 0 Å². The number of hydrogen-bond acceptors (Lipinski definition) is 9. The summed E-state index contributed by atoms with van der Waals surface area (Å²) in [6.07, 6.45) is 3.27. The van der Waals surface area contributed by atoms with Gasteiger partial charge in [0.2, 0.25) is 5.72 Å². The van der Waals surface area contributed by atoms with Crippen LogP contribution in [0.3, 0.4) is 0 Å². The third kappa shape index (κ3) is 3.01. The Morgan fingerprint density at radius 2 is 1.84 bits per heavy atom. The second kappa shape index (κ2) is 9.12. The minimum atomic E-state index is -1.27. The summed E-state index contributed by atoms with van der Waals surface area (Å²) in [5.41, 5.74) is 0.457. The van der Waals surface area contributed by atoms with E-state index in [4.69, 9.17) is 28.4 Å². The molecular formula is C33H39N2O8+. The van der Waals surface area contributed by atoms with E-state index in [0.29, 0.717) is 35.7 Å². The smallest absolute Gasteiger partial charge is 0.338 e. The minimum Gasteiger partial charge on any atom is -0.497 e. The molecule has 2 aromatic rings. The number of nitrogens with zero attached hydrogens (tertiary/aromatic N) is 2. The number of methoxy groups -OCH3 is 4. The molecule has 43 heavy (non-hydrogen) atoms. The van der Waals surface area contributed by atoms with Crippen LogP contribution in [0.4, 0.5) is 5.69 Å². The molecule has 0 aromatic heterocycles. The Labute approximate surface area is 251 Å². The molecule has 4 bridgehead atoms. The van der Waals surface area contributed by atoms with E-state index in [1.165, 1.54) is 21.3 Å². The van der Waals surface area contributed by atoms with Crippen LogP contribution in [0.2, 0.25) is 0 Å². The SMILES string of the molecule is C/C=C1/C[N+]2(C)[C@H]3C[C@@]45c6cc(OC)ccc6N(C)[C@]4(O3)[C@@H]2C[C@H]1C5(COC(=O)c1ccc(OC)c(OC)c1)C(=O)OC. The van der Waals surface area contributed by atoms with E-state index in [2.05, 4.69) is 25.1 Å². The maximum Gasteiger partial charge on any atom is 0.338 e. The molecule has 228 valence electrons. The Morgan fingerprint density at radius 1 is 1.07 bits per heavy atom. The third-order valence-corrected chi connectivity index (χ3v) is 11.5. The summed E-state index contributed by atoms with van der Waals surface area (Å²) in [6.45, 7) is 2.61. The number of ether oxygens (including phenoxy) is 6. The molecule has 1 aliphatic carbocycles. The normalized spacial score (nSPS) is 36.8. The Morgan fingerprint density at radius 3 is 2.51 bits per heavy atom. The molecule has 10 heteroatoms. The zero-order valence-corrected chi connectivity index (χ0v) is 25.8. The Kier molecular flexibility index (Phi) is 5.95. The van der Waals surface area contributed by atoms with Crippen molar-refractivity contribution in [3.63, 3.8) is 0 Å². The van der Waals surface area contributed by atoms with E-state index in [1.54, 1.807) is 25.3 Å². The molecule has 4 heterocycles. The molecule has 5 aliphatic rings. The van der Waals surface area contributed by atoms with E-state index in [-0.39, 0.29) is 24.8 Å². The van der Waals surface area contributed by atoms with Gasteiger partial charge in [0.1, 0.15) is 30.4 Å². The largest absolute Gasteiger partial charge is 0.497 e. The molecule has 3 saturated heterocycles. The van der Waals surface area contributed by atoms with Gasteiger partial charge in [-0.3, -0.25) is 14.0 Å². The van der Waals surface area contributed by atoms with E-state index in [0.717, 1.165) is 27.9 Å².